The van der Waals surface area contributed by atoms with Gasteiger partial charge in [-0.25, -0.2) is 16.8 Å². The van der Waals surface area contributed by atoms with E-state index in [0.29, 0.717) is 43.6 Å². The van der Waals surface area contributed by atoms with Crippen molar-refractivity contribution in [2.24, 2.45) is 5.92 Å². The number of hydrogen-bond acceptors (Lipinski definition) is 9. The largest absolute Gasteiger partial charge is 0.506 e. The molecular formula is C27H34N4O7S3. The lowest BCUT2D eigenvalue weighted by Gasteiger charge is -2.31. The number of phenolic OH excluding ortho intramolecular Hbond substituents is 1. The van der Waals surface area contributed by atoms with E-state index in [-0.39, 0.29) is 40.6 Å². The fourth-order valence-electron chi connectivity index (χ4n) is 4.52. The number of aliphatic hydroxyl groups is 1. The van der Waals surface area contributed by atoms with E-state index in [1.54, 1.807) is 36.4 Å². The van der Waals surface area contributed by atoms with Crippen LogP contribution in [0.1, 0.15) is 39.7 Å². The number of carbonyl (C=O) groups is 1. The number of aliphatic hydroxyl groups excluding tert-OH is 1. The summed E-state index contributed by atoms with van der Waals surface area (Å²) in [5.74, 6) is -0.235. The Labute approximate surface area is 244 Å². The van der Waals surface area contributed by atoms with E-state index >= 15 is 0 Å². The van der Waals surface area contributed by atoms with Crippen LogP contribution in [0.2, 0.25) is 0 Å². The molecule has 1 fully saturated rings. The highest BCUT2D eigenvalue weighted by Crippen LogP contribution is 2.29. The fraction of sp³-hybridized carbons (Fsp3) is 0.370. The van der Waals surface area contributed by atoms with Crippen LogP contribution >= 0.6 is 11.3 Å². The second-order valence-corrected chi connectivity index (χ2v) is 15.0. The van der Waals surface area contributed by atoms with Crippen LogP contribution in [0.25, 0.3) is 0 Å². The highest BCUT2D eigenvalue weighted by Gasteiger charge is 2.30. The summed E-state index contributed by atoms with van der Waals surface area (Å²) in [6, 6.07) is 16.4. The van der Waals surface area contributed by atoms with Crippen LogP contribution in [0.5, 0.6) is 5.75 Å². The summed E-state index contributed by atoms with van der Waals surface area (Å²) in [7, 11) is -7.23. The third kappa shape index (κ3) is 8.50. The van der Waals surface area contributed by atoms with Crippen LogP contribution in [0.4, 0.5) is 5.69 Å². The molecule has 2 aromatic carbocycles. The Bertz CT molecular complexity index is 1550. The molecule has 14 heteroatoms. The first kappa shape index (κ1) is 30.9. The number of phenols is 1. The van der Waals surface area contributed by atoms with Crippen LogP contribution in [-0.2, 0) is 26.6 Å². The molecule has 2 heterocycles. The zero-order valence-electron chi connectivity index (χ0n) is 22.5. The number of amides is 1. The van der Waals surface area contributed by atoms with Crippen molar-refractivity contribution >= 4 is 43.0 Å². The van der Waals surface area contributed by atoms with Gasteiger partial charge < -0.3 is 20.8 Å². The number of anilines is 1. The average Bonchev–Trinajstić information content (AvgIpc) is 3.43. The van der Waals surface area contributed by atoms with Crippen molar-refractivity contribution in [3.8, 4) is 5.75 Å². The van der Waals surface area contributed by atoms with Gasteiger partial charge in [0.25, 0.3) is 15.9 Å². The molecular weight excluding hydrogens is 589 g/mol. The Morgan fingerprint density at radius 2 is 1.76 bits per heavy atom. The van der Waals surface area contributed by atoms with Crippen molar-refractivity contribution in [3.05, 3.63) is 76.7 Å². The van der Waals surface area contributed by atoms with E-state index in [1.807, 2.05) is 6.07 Å². The van der Waals surface area contributed by atoms with Gasteiger partial charge in [-0.2, -0.15) is 4.31 Å². The molecule has 0 unspecified atom stereocenters. The summed E-state index contributed by atoms with van der Waals surface area (Å²) >= 11 is 1.15. The number of benzene rings is 2. The minimum Gasteiger partial charge on any atom is -0.506 e. The second-order valence-electron chi connectivity index (χ2n) is 9.94. The number of nitrogens with zero attached hydrogens (tertiary/aromatic N) is 1. The molecule has 1 aliphatic rings. The zero-order chi connectivity index (χ0) is 29.6. The van der Waals surface area contributed by atoms with Gasteiger partial charge in [0, 0.05) is 30.1 Å². The van der Waals surface area contributed by atoms with Gasteiger partial charge in [-0.1, -0.05) is 24.3 Å². The van der Waals surface area contributed by atoms with Gasteiger partial charge in [-0.15, -0.1) is 11.3 Å². The SMILES string of the molecule is CS(=O)(=O)Nc1cc([C@@H](O)CNCC2CCN(S(=O)(=O)c3ccc(CNC(=O)c4ccccc4)s3)CC2)ccc1O. The first-order valence-corrected chi connectivity index (χ1v) is 17.2. The first-order chi connectivity index (χ1) is 19.4. The summed E-state index contributed by atoms with van der Waals surface area (Å²) in [4.78, 5) is 13.0. The highest BCUT2D eigenvalue weighted by molar-refractivity contribution is 7.92. The van der Waals surface area contributed by atoms with Gasteiger partial charge in [0.05, 0.1) is 24.6 Å². The van der Waals surface area contributed by atoms with Gasteiger partial charge in [0.2, 0.25) is 10.0 Å². The predicted molar refractivity (Wildman–Crippen MR) is 158 cm³/mol. The number of thiophene rings is 1. The van der Waals surface area contributed by atoms with Crippen LogP contribution in [0, 0.1) is 5.92 Å². The minimum absolute atomic E-state index is 0.00701. The number of nitrogens with one attached hydrogen (secondary N) is 3. The van der Waals surface area contributed by atoms with Crippen LogP contribution < -0.4 is 15.4 Å². The first-order valence-electron chi connectivity index (χ1n) is 13.0. The molecule has 0 aliphatic carbocycles. The molecule has 1 atom stereocenters. The fourth-order valence-corrected chi connectivity index (χ4v) is 8.00. The van der Waals surface area contributed by atoms with Crippen molar-refractivity contribution in [1.82, 2.24) is 14.9 Å². The zero-order valence-corrected chi connectivity index (χ0v) is 24.9. The lowest BCUT2D eigenvalue weighted by atomic mass is 9.98. The summed E-state index contributed by atoms with van der Waals surface area (Å²) in [6.07, 6.45) is 1.37. The second kappa shape index (κ2) is 13.3. The Morgan fingerprint density at radius 1 is 1.05 bits per heavy atom. The smallest absolute Gasteiger partial charge is 0.252 e. The Balaban J connectivity index is 1.23. The van der Waals surface area contributed by atoms with Crippen LogP contribution in [0.15, 0.2) is 64.9 Å². The van der Waals surface area contributed by atoms with E-state index < -0.39 is 26.2 Å². The summed E-state index contributed by atoms with van der Waals surface area (Å²) in [5.41, 5.74) is 0.977. The molecule has 11 nitrogen and oxygen atoms in total. The normalized spacial score (nSPS) is 15.9. The van der Waals surface area contributed by atoms with Gasteiger partial charge in [-0.05, 0) is 67.3 Å². The lowest BCUT2D eigenvalue weighted by Crippen LogP contribution is -2.40. The van der Waals surface area contributed by atoms with Crippen LogP contribution in [0.3, 0.4) is 0 Å². The van der Waals surface area contributed by atoms with E-state index in [0.717, 1.165) is 22.5 Å². The molecule has 1 saturated heterocycles. The van der Waals surface area contributed by atoms with E-state index in [9.17, 15) is 31.8 Å². The molecule has 0 spiro atoms. The summed E-state index contributed by atoms with van der Waals surface area (Å²) < 4.78 is 53.3. The molecule has 1 aliphatic heterocycles. The van der Waals surface area contributed by atoms with E-state index in [2.05, 4.69) is 15.4 Å². The number of aromatic hydroxyl groups is 1. The maximum Gasteiger partial charge on any atom is 0.252 e. The molecule has 0 radical (unpaired) electrons. The maximum atomic E-state index is 13.2. The summed E-state index contributed by atoms with van der Waals surface area (Å²) in [5, 5.41) is 26.4. The van der Waals surface area contributed by atoms with Gasteiger partial charge in [0.1, 0.15) is 9.96 Å². The van der Waals surface area contributed by atoms with Crippen LogP contribution in [-0.4, -0.2) is 69.7 Å². The number of sulfonamides is 2. The average molecular weight is 623 g/mol. The number of piperidine rings is 1. The summed E-state index contributed by atoms with van der Waals surface area (Å²) in [6.45, 7) is 1.80. The molecule has 41 heavy (non-hydrogen) atoms. The quantitative estimate of drug-likeness (QED) is 0.192. The predicted octanol–water partition coefficient (Wildman–Crippen LogP) is 2.48. The maximum absolute atomic E-state index is 13.2. The van der Waals surface area contributed by atoms with Gasteiger partial charge in [-0.3, -0.25) is 9.52 Å². The topological polar surface area (TPSA) is 165 Å². The monoisotopic (exact) mass is 622 g/mol. The highest BCUT2D eigenvalue weighted by atomic mass is 32.2. The molecule has 5 N–H and O–H groups in total. The number of rotatable bonds is 12. The standard InChI is InChI=1S/C27H34N4O7S3/c1-40(35,36)30-23-15-21(7-9-24(23)32)25(33)18-28-16-19-11-13-31(14-12-19)41(37,38)26-10-8-22(39-26)17-29-27(34)20-5-3-2-4-6-20/h2-10,15,19,25,28,30,32-33H,11-14,16-18H2,1H3,(H,29,34)/t25-/m0/s1. The molecule has 222 valence electrons. The van der Waals surface area contributed by atoms with Crippen molar-refractivity contribution in [2.45, 2.75) is 29.7 Å². The molecule has 1 aromatic heterocycles. The van der Waals surface area contributed by atoms with Crippen molar-refractivity contribution in [3.63, 3.8) is 0 Å². The Morgan fingerprint density at radius 3 is 2.44 bits per heavy atom. The van der Waals surface area contributed by atoms with Gasteiger partial charge >= 0.3 is 0 Å². The Kier molecular flexibility index (Phi) is 10.0. The van der Waals surface area contributed by atoms with Crippen molar-refractivity contribution in [1.29, 1.82) is 0 Å². The van der Waals surface area contributed by atoms with Crippen molar-refractivity contribution < 1.29 is 31.8 Å². The molecule has 4 rings (SSSR count). The Hall–Kier alpha value is -3.01. The third-order valence-electron chi connectivity index (χ3n) is 6.74. The lowest BCUT2D eigenvalue weighted by molar-refractivity contribution is 0.0951. The molecule has 0 bridgehead atoms. The molecule has 3 aromatic rings. The van der Waals surface area contributed by atoms with Gasteiger partial charge in [0.15, 0.2) is 0 Å². The number of carbonyl (C=O) groups excluding carboxylic acids is 1. The molecule has 1 amide bonds. The molecule has 0 saturated carbocycles. The third-order valence-corrected chi connectivity index (χ3v) is 10.8. The van der Waals surface area contributed by atoms with E-state index in [4.69, 9.17) is 0 Å². The number of hydrogen-bond donors (Lipinski definition) is 5. The van der Waals surface area contributed by atoms with E-state index in [1.165, 1.54) is 22.5 Å². The minimum atomic E-state index is -3.64. The van der Waals surface area contributed by atoms with Crippen molar-refractivity contribution in [2.75, 3.05) is 37.2 Å².